The average molecular weight is 363 g/mol. The van der Waals surface area contributed by atoms with E-state index in [2.05, 4.69) is 9.84 Å². The second-order valence-corrected chi connectivity index (χ2v) is 5.37. The zero-order chi connectivity index (χ0) is 18.9. The van der Waals surface area contributed by atoms with E-state index in [1.807, 2.05) is 0 Å². The Labute approximate surface area is 145 Å². The zero-order valence-corrected chi connectivity index (χ0v) is 13.4. The first-order chi connectivity index (χ1) is 12.3. The van der Waals surface area contributed by atoms with Crippen molar-refractivity contribution in [3.05, 3.63) is 64.8 Å². The molecular weight excluding hydrogens is 351 g/mol. The van der Waals surface area contributed by atoms with Gasteiger partial charge in [-0.05, 0) is 23.8 Å². The van der Waals surface area contributed by atoms with Crippen LogP contribution < -0.4 is 4.74 Å². The largest absolute Gasteiger partial charge is 0.573 e. The van der Waals surface area contributed by atoms with Crippen molar-refractivity contribution < 1.29 is 22.8 Å². The number of nitro benzene ring substituents is 1. The molecule has 2 aromatic carbocycles. The van der Waals surface area contributed by atoms with Crippen molar-refractivity contribution in [1.29, 1.82) is 0 Å². The molecule has 0 unspecified atom stereocenters. The minimum Gasteiger partial charge on any atom is -0.405 e. The lowest BCUT2D eigenvalue weighted by molar-refractivity contribution is -0.384. The number of hydrogen-bond donors (Lipinski definition) is 0. The summed E-state index contributed by atoms with van der Waals surface area (Å²) in [5, 5.41) is 15.1. The highest BCUT2D eigenvalue weighted by molar-refractivity contribution is 5.86. The maximum Gasteiger partial charge on any atom is 0.573 e. The van der Waals surface area contributed by atoms with Gasteiger partial charge in [-0.25, -0.2) is 0 Å². The number of para-hydroxylation sites is 1. The summed E-state index contributed by atoms with van der Waals surface area (Å²) < 4.78 is 43.8. The Hall–Kier alpha value is -3.36. The first-order valence-corrected chi connectivity index (χ1v) is 7.38. The number of rotatable bonds is 4. The number of aryl methyl sites for hydroxylation is 1. The second kappa shape index (κ2) is 6.51. The Balaban J connectivity index is 2.23. The molecular formula is C17H12F3N3O3. The van der Waals surface area contributed by atoms with Gasteiger partial charge in [-0.3, -0.25) is 14.8 Å². The Morgan fingerprint density at radius 3 is 2.42 bits per heavy atom. The van der Waals surface area contributed by atoms with Gasteiger partial charge >= 0.3 is 6.36 Å². The first kappa shape index (κ1) is 17.5. The first-order valence-electron chi connectivity index (χ1n) is 7.38. The van der Waals surface area contributed by atoms with Gasteiger partial charge in [0.05, 0.1) is 10.6 Å². The third-order valence-corrected chi connectivity index (χ3v) is 3.71. The Morgan fingerprint density at radius 2 is 1.81 bits per heavy atom. The SMILES string of the molecule is Cn1nccc1-c1cc([N+](=O)[O-])ccc1-c1ccccc1OC(F)(F)F. The standard InChI is InChI=1S/C17H12F3N3O3/c1-22-15(8-9-21-22)14-10-11(23(24)25)6-7-12(14)13-4-2-3-5-16(13)26-17(18,19)20/h2-10H,1H3. The Bertz CT molecular complexity index is 967. The van der Waals surface area contributed by atoms with E-state index in [4.69, 9.17) is 0 Å². The third-order valence-electron chi connectivity index (χ3n) is 3.71. The van der Waals surface area contributed by atoms with Crippen molar-refractivity contribution in [3.8, 4) is 28.1 Å². The lowest BCUT2D eigenvalue weighted by Crippen LogP contribution is -2.17. The average Bonchev–Trinajstić information content (AvgIpc) is 2.99. The quantitative estimate of drug-likeness (QED) is 0.503. The summed E-state index contributed by atoms with van der Waals surface area (Å²) in [7, 11) is 1.63. The van der Waals surface area contributed by atoms with Crippen LogP contribution in [0.15, 0.2) is 54.7 Å². The fourth-order valence-corrected chi connectivity index (χ4v) is 2.63. The van der Waals surface area contributed by atoms with Crippen LogP contribution in [0.4, 0.5) is 18.9 Å². The number of halogens is 3. The summed E-state index contributed by atoms with van der Waals surface area (Å²) in [6.45, 7) is 0. The molecule has 0 radical (unpaired) electrons. The molecule has 0 saturated carbocycles. The number of non-ortho nitro benzene ring substituents is 1. The summed E-state index contributed by atoms with van der Waals surface area (Å²) in [5.74, 6) is -0.391. The molecule has 9 heteroatoms. The molecule has 0 aliphatic carbocycles. The molecule has 6 nitrogen and oxygen atoms in total. The summed E-state index contributed by atoms with van der Waals surface area (Å²) >= 11 is 0. The van der Waals surface area contributed by atoms with Crippen LogP contribution in [0.3, 0.4) is 0 Å². The summed E-state index contributed by atoms with van der Waals surface area (Å²) in [5.41, 5.74) is 1.23. The van der Waals surface area contributed by atoms with Crippen LogP contribution >= 0.6 is 0 Å². The minimum absolute atomic E-state index is 0.163. The van der Waals surface area contributed by atoms with E-state index < -0.39 is 17.0 Å². The van der Waals surface area contributed by atoms with Gasteiger partial charge in [-0.15, -0.1) is 13.2 Å². The molecule has 0 saturated heterocycles. The summed E-state index contributed by atoms with van der Waals surface area (Å²) in [4.78, 5) is 10.6. The van der Waals surface area contributed by atoms with Gasteiger partial charge in [-0.2, -0.15) is 5.10 Å². The van der Waals surface area contributed by atoms with Crippen LogP contribution in [0.2, 0.25) is 0 Å². The van der Waals surface area contributed by atoms with Gasteiger partial charge < -0.3 is 4.74 Å². The normalized spacial score (nSPS) is 11.4. The fraction of sp³-hybridized carbons (Fsp3) is 0.118. The van der Waals surface area contributed by atoms with Crippen LogP contribution in [0, 0.1) is 10.1 Å². The lowest BCUT2D eigenvalue weighted by Gasteiger charge is -2.16. The molecule has 26 heavy (non-hydrogen) atoms. The number of hydrogen-bond acceptors (Lipinski definition) is 4. The van der Waals surface area contributed by atoms with Crippen LogP contribution in [0.1, 0.15) is 0 Å². The van der Waals surface area contributed by atoms with Gasteiger partial charge in [0, 0.05) is 36.5 Å². The number of ether oxygens (including phenoxy) is 1. The predicted molar refractivity (Wildman–Crippen MR) is 87.4 cm³/mol. The Morgan fingerprint density at radius 1 is 1.08 bits per heavy atom. The molecule has 134 valence electrons. The van der Waals surface area contributed by atoms with E-state index in [0.29, 0.717) is 16.8 Å². The monoisotopic (exact) mass is 363 g/mol. The molecule has 3 rings (SSSR count). The van der Waals surface area contributed by atoms with E-state index in [-0.39, 0.29) is 11.3 Å². The number of nitro groups is 1. The molecule has 0 fully saturated rings. The highest BCUT2D eigenvalue weighted by Gasteiger charge is 2.32. The highest BCUT2D eigenvalue weighted by atomic mass is 19.4. The number of alkyl halides is 3. The fourth-order valence-electron chi connectivity index (χ4n) is 2.63. The van der Waals surface area contributed by atoms with Crippen molar-refractivity contribution in [1.82, 2.24) is 9.78 Å². The molecule has 0 bridgehead atoms. The molecule has 0 aliphatic rings. The van der Waals surface area contributed by atoms with Crippen LogP contribution in [-0.4, -0.2) is 21.1 Å². The number of benzene rings is 2. The molecule has 1 aromatic heterocycles. The van der Waals surface area contributed by atoms with Crippen molar-refractivity contribution in [2.24, 2.45) is 7.05 Å². The highest BCUT2D eigenvalue weighted by Crippen LogP contribution is 2.40. The van der Waals surface area contributed by atoms with E-state index in [1.165, 1.54) is 47.3 Å². The van der Waals surface area contributed by atoms with Gasteiger partial charge in [0.15, 0.2) is 0 Å². The van der Waals surface area contributed by atoms with Gasteiger partial charge in [-0.1, -0.05) is 18.2 Å². The van der Waals surface area contributed by atoms with Crippen LogP contribution in [0.5, 0.6) is 5.75 Å². The van der Waals surface area contributed by atoms with Crippen LogP contribution in [0.25, 0.3) is 22.4 Å². The maximum atomic E-state index is 12.7. The summed E-state index contributed by atoms with van der Waals surface area (Å²) in [6, 6.07) is 11.2. The van der Waals surface area contributed by atoms with Gasteiger partial charge in [0.25, 0.3) is 5.69 Å². The third kappa shape index (κ3) is 3.51. The van der Waals surface area contributed by atoms with E-state index >= 15 is 0 Å². The minimum atomic E-state index is -4.86. The molecule has 1 heterocycles. The van der Waals surface area contributed by atoms with Crippen molar-refractivity contribution >= 4 is 5.69 Å². The molecule has 0 N–H and O–H groups in total. The van der Waals surface area contributed by atoms with Gasteiger partial charge in [0.1, 0.15) is 5.75 Å². The van der Waals surface area contributed by atoms with Crippen molar-refractivity contribution in [2.75, 3.05) is 0 Å². The Kier molecular flexibility index (Phi) is 4.37. The smallest absolute Gasteiger partial charge is 0.405 e. The molecule has 0 amide bonds. The lowest BCUT2D eigenvalue weighted by atomic mass is 9.96. The van der Waals surface area contributed by atoms with Crippen LogP contribution in [-0.2, 0) is 7.05 Å². The second-order valence-electron chi connectivity index (χ2n) is 5.37. The molecule has 3 aromatic rings. The zero-order valence-electron chi connectivity index (χ0n) is 13.4. The van der Waals surface area contributed by atoms with Crippen molar-refractivity contribution in [3.63, 3.8) is 0 Å². The van der Waals surface area contributed by atoms with E-state index in [1.54, 1.807) is 19.2 Å². The number of aromatic nitrogens is 2. The van der Waals surface area contributed by atoms with Crippen molar-refractivity contribution in [2.45, 2.75) is 6.36 Å². The summed E-state index contributed by atoms with van der Waals surface area (Å²) in [6.07, 6.45) is -3.36. The molecule has 0 atom stereocenters. The van der Waals surface area contributed by atoms with Gasteiger partial charge in [0.2, 0.25) is 0 Å². The topological polar surface area (TPSA) is 70.2 Å². The van der Waals surface area contributed by atoms with E-state index in [0.717, 1.165) is 0 Å². The number of nitrogens with zero attached hydrogens (tertiary/aromatic N) is 3. The molecule has 0 aliphatic heterocycles. The predicted octanol–water partition coefficient (Wildman–Crippen LogP) is 4.56. The molecule has 0 spiro atoms. The van der Waals surface area contributed by atoms with E-state index in [9.17, 15) is 23.3 Å². The maximum absolute atomic E-state index is 12.7.